The highest BCUT2D eigenvalue weighted by Crippen LogP contribution is 2.24. The van der Waals surface area contributed by atoms with E-state index >= 15 is 0 Å². The van der Waals surface area contributed by atoms with Crippen LogP contribution in [0.4, 0.5) is 5.95 Å². The van der Waals surface area contributed by atoms with Gasteiger partial charge in [-0.2, -0.15) is 5.10 Å². The van der Waals surface area contributed by atoms with E-state index < -0.39 is 0 Å². The zero-order valence-corrected chi connectivity index (χ0v) is 27.5. The Morgan fingerprint density at radius 3 is 2.42 bits per heavy atom. The van der Waals surface area contributed by atoms with Crippen molar-refractivity contribution in [1.29, 1.82) is 0 Å². The van der Waals surface area contributed by atoms with E-state index in [-0.39, 0.29) is 6.10 Å². The lowest BCUT2D eigenvalue weighted by Crippen LogP contribution is -2.46. The molecule has 0 radical (unpaired) electrons. The quantitative estimate of drug-likeness (QED) is 0.251. The lowest BCUT2D eigenvalue weighted by Gasteiger charge is -2.36. The minimum Gasteiger partial charge on any atom is -0.373 e. The molecule has 5 aromatic rings. The minimum absolute atomic E-state index is 0.114. The number of fused-ring (bicyclic) bond motifs is 1. The Morgan fingerprint density at radius 1 is 0.833 bits per heavy atom. The number of piperazine rings is 1. The van der Waals surface area contributed by atoms with Crippen molar-refractivity contribution in [3.8, 4) is 22.4 Å². The summed E-state index contributed by atoms with van der Waals surface area (Å²) in [4.78, 5) is 26.1. The SMILES string of the molecule is Cn1cc(-c2cnc3c(nnn3C[C@@H]3CN(c4ncc(-c5ccc(CN6CCC(CN7CCNCC7)CC6)cc5)cn4)CCO3)n2)cn1. The zero-order valence-electron chi connectivity index (χ0n) is 27.5. The fourth-order valence-corrected chi connectivity index (χ4v) is 7.06. The second kappa shape index (κ2) is 14.0. The molecule has 0 aliphatic carbocycles. The summed E-state index contributed by atoms with van der Waals surface area (Å²) < 4.78 is 9.58. The molecule has 3 fully saturated rings. The number of anilines is 1. The molecule has 14 nitrogen and oxygen atoms in total. The van der Waals surface area contributed by atoms with E-state index in [9.17, 15) is 0 Å². The van der Waals surface area contributed by atoms with Gasteiger partial charge in [0.2, 0.25) is 11.6 Å². The third kappa shape index (κ3) is 7.06. The molecule has 250 valence electrons. The summed E-state index contributed by atoms with van der Waals surface area (Å²) in [6, 6.07) is 8.89. The first-order valence-electron chi connectivity index (χ1n) is 17.1. The predicted molar refractivity (Wildman–Crippen MR) is 182 cm³/mol. The number of benzene rings is 1. The third-order valence-corrected chi connectivity index (χ3v) is 9.79. The highest BCUT2D eigenvalue weighted by atomic mass is 16.5. The van der Waals surface area contributed by atoms with Crippen molar-refractivity contribution in [2.24, 2.45) is 13.0 Å². The van der Waals surface area contributed by atoms with E-state index in [0.29, 0.717) is 42.6 Å². The minimum atomic E-state index is -0.114. The Balaban J connectivity index is 0.838. The first-order valence-corrected chi connectivity index (χ1v) is 17.1. The van der Waals surface area contributed by atoms with Crippen LogP contribution in [0.5, 0.6) is 0 Å². The number of nitrogens with zero attached hydrogens (tertiary/aromatic N) is 12. The summed E-state index contributed by atoms with van der Waals surface area (Å²) in [5.41, 5.74) is 6.23. The van der Waals surface area contributed by atoms with Gasteiger partial charge < -0.3 is 19.9 Å². The summed E-state index contributed by atoms with van der Waals surface area (Å²) in [6.45, 7) is 11.8. The van der Waals surface area contributed by atoms with Crippen LogP contribution in [0.15, 0.2) is 55.2 Å². The van der Waals surface area contributed by atoms with Crippen LogP contribution in [-0.4, -0.2) is 126 Å². The maximum absolute atomic E-state index is 6.09. The molecule has 0 amide bonds. The highest BCUT2D eigenvalue weighted by Gasteiger charge is 2.25. The first-order chi connectivity index (χ1) is 23.6. The maximum atomic E-state index is 6.09. The largest absolute Gasteiger partial charge is 0.373 e. The Kier molecular flexibility index (Phi) is 9.03. The van der Waals surface area contributed by atoms with E-state index in [1.807, 2.05) is 25.6 Å². The lowest BCUT2D eigenvalue weighted by atomic mass is 9.95. The summed E-state index contributed by atoms with van der Waals surface area (Å²) in [5.74, 6) is 1.54. The lowest BCUT2D eigenvalue weighted by molar-refractivity contribution is 0.0273. The third-order valence-electron chi connectivity index (χ3n) is 9.79. The molecule has 8 rings (SSSR count). The van der Waals surface area contributed by atoms with Crippen molar-refractivity contribution in [1.82, 2.24) is 59.8 Å². The first kappa shape index (κ1) is 30.9. The van der Waals surface area contributed by atoms with E-state index in [1.54, 1.807) is 21.8 Å². The van der Waals surface area contributed by atoms with Crippen molar-refractivity contribution < 1.29 is 4.74 Å². The molecule has 48 heavy (non-hydrogen) atoms. The topological polar surface area (TPSA) is 131 Å². The average molecular weight is 650 g/mol. The molecule has 3 aliphatic rings. The number of aromatic nitrogens is 9. The van der Waals surface area contributed by atoms with E-state index in [1.165, 1.54) is 51.1 Å². The van der Waals surface area contributed by atoms with Gasteiger partial charge in [-0.25, -0.2) is 24.6 Å². The number of hydrogen-bond acceptors (Lipinski definition) is 12. The normalized spacial score (nSPS) is 20.1. The van der Waals surface area contributed by atoms with Gasteiger partial charge in [0, 0.05) is 89.1 Å². The van der Waals surface area contributed by atoms with Crippen LogP contribution in [0.3, 0.4) is 0 Å². The maximum Gasteiger partial charge on any atom is 0.225 e. The Hall–Kier alpha value is -4.37. The summed E-state index contributed by atoms with van der Waals surface area (Å²) in [6.07, 6.45) is 11.7. The highest BCUT2D eigenvalue weighted by molar-refractivity contribution is 5.69. The monoisotopic (exact) mass is 649 g/mol. The van der Waals surface area contributed by atoms with Crippen LogP contribution in [0.2, 0.25) is 0 Å². The molecule has 0 saturated carbocycles. The molecule has 1 aromatic carbocycles. The molecule has 1 N–H and O–H groups in total. The Labute approximate surface area is 280 Å². The number of rotatable bonds is 9. The second-order valence-corrected chi connectivity index (χ2v) is 13.3. The van der Waals surface area contributed by atoms with Gasteiger partial charge in [-0.3, -0.25) is 9.58 Å². The van der Waals surface area contributed by atoms with Crippen LogP contribution < -0.4 is 10.2 Å². The fourth-order valence-electron chi connectivity index (χ4n) is 7.06. The number of piperidine rings is 1. The van der Waals surface area contributed by atoms with E-state index in [4.69, 9.17) is 14.7 Å². The Bertz CT molecular complexity index is 1790. The molecule has 4 aromatic heterocycles. The smallest absolute Gasteiger partial charge is 0.225 e. The van der Waals surface area contributed by atoms with Crippen molar-refractivity contribution >= 4 is 17.2 Å². The molecule has 7 heterocycles. The van der Waals surface area contributed by atoms with E-state index in [2.05, 4.69) is 69.7 Å². The molecule has 14 heteroatoms. The molecular formula is C34H43N13O. The van der Waals surface area contributed by atoms with Crippen molar-refractivity contribution in [2.45, 2.75) is 32.0 Å². The van der Waals surface area contributed by atoms with Gasteiger partial charge in [0.25, 0.3) is 0 Å². The van der Waals surface area contributed by atoms with Crippen LogP contribution in [0.1, 0.15) is 18.4 Å². The number of aryl methyl sites for hydroxylation is 1. The number of likely N-dealkylation sites (tertiary alicyclic amines) is 1. The molecule has 3 saturated heterocycles. The molecule has 0 bridgehead atoms. The summed E-state index contributed by atoms with van der Waals surface area (Å²) in [7, 11) is 1.87. The molecule has 1 atom stereocenters. The predicted octanol–water partition coefficient (Wildman–Crippen LogP) is 2.10. The van der Waals surface area contributed by atoms with Gasteiger partial charge >= 0.3 is 0 Å². The van der Waals surface area contributed by atoms with Gasteiger partial charge in [0.05, 0.1) is 37.3 Å². The van der Waals surface area contributed by atoms with Gasteiger partial charge in [0.15, 0.2) is 5.65 Å². The average Bonchev–Trinajstić information content (AvgIpc) is 3.75. The molecule has 3 aliphatic heterocycles. The van der Waals surface area contributed by atoms with Crippen LogP contribution >= 0.6 is 0 Å². The summed E-state index contributed by atoms with van der Waals surface area (Å²) in [5, 5.41) is 16.3. The van der Waals surface area contributed by atoms with Crippen molar-refractivity contribution in [3.05, 3.63) is 60.8 Å². The zero-order chi connectivity index (χ0) is 32.3. The van der Waals surface area contributed by atoms with Crippen LogP contribution in [-0.2, 0) is 24.9 Å². The Morgan fingerprint density at radius 2 is 1.65 bits per heavy atom. The molecule has 0 unspecified atom stereocenters. The van der Waals surface area contributed by atoms with Crippen molar-refractivity contribution in [2.75, 3.05) is 70.4 Å². The standard InChI is InChI=1S/C34H43N13O/c1-43-22-29(18-39-43)31-19-36-33-32(40-31)41-42-47(33)24-30-23-46(14-15-48-30)34-37-16-28(17-38-34)27-4-2-25(3-5-27)20-44-10-6-26(7-11-44)21-45-12-8-35-9-13-45/h2-5,16-19,22,26,30,35H,6-15,20-21,23-24H2,1H3/t30-/m0/s1. The second-order valence-electron chi connectivity index (χ2n) is 13.3. The van der Waals surface area contributed by atoms with Crippen molar-refractivity contribution in [3.63, 3.8) is 0 Å². The van der Waals surface area contributed by atoms with Gasteiger partial charge in [-0.05, 0) is 43.0 Å². The van der Waals surface area contributed by atoms with Crippen LogP contribution in [0.25, 0.3) is 33.7 Å². The van der Waals surface area contributed by atoms with Crippen LogP contribution in [0, 0.1) is 5.92 Å². The molecule has 0 spiro atoms. The fraction of sp³-hybridized carbons (Fsp3) is 0.500. The number of nitrogens with one attached hydrogen (secondary N) is 1. The van der Waals surface area contributed by atoms with Gasteiger partial charge in [0.1, 0.15) is 0 Å². The van der Waals surface area contributed by atoms with Gasteiger partial charge in [-0.1, -0.05) is 29.5 Å². The number of ether oxygens (including phenoxy) is 1. The summed E-state index contributed by atoms with van der Waals surface area (Å²) >= 11 is 0. The number of morpholine rings is 1. The van der Waals surface area contributed by atoms with Gasteiger partial charge in [-0.15, -0.1) is 5.10 Å². The molecular weight excluding hydrogens is 606 g/mol. The van der Waals surface area contributed by atoms with E-state index in [0.717, 1.165) is 48.8 Å². The number of hydrogen-bond donors (Lipinski definition) is 1.